The molecule has 154 valence electrons. The molecule has 31 heavy (non-hydrogen) atoms. The fraction of sp³-hybridized carbons (Fsp3) is 0.0435. The third-order valence-electron chi connectivity index (χ3n) is 4.85. The first-order valence-electron chi connectivity index (χ1n) is 9.41. The number of carbonyl (C=O) groups excluding carboxylic acids is 1. The van der Waals surface area contributed by atoms with Gasteiger partial charge in [0.05, 0.1) is 17.5 Å². The molecule has 1 N–H and O–H groups in total. The van der Waals surface area contributed by atoms with Gasteiger partial charge in [0, 0.05) is 29.6 Å². The maximum atomic E-state index is 13.6. The molecule has 3 heterocycles. The molecular formula is C23H15F2N3O2S. The smallest absolute Gasteiger partial charge is 0.274 e. The highest BCUT2D eigenvalue weighted by atomic mass is 32.1. The second kappa shape index (κ2) is 7.81. The number of amides is 1. The lowest BCUT2D eigenvalue weighted by molar-refractivity contribution is 0.101. The van der Waals surface area contributed by atoms with Gasteiger partial charge in [-0.3, -0.25) is 10.1 Å². The van der Waals surface area contributed by atoms with E-state index in [0.29, 0.717) is 28.6 Å². The van der Waals surface area contributed by atoms with Crippen LogP contribution in [0.15, 0.2) is 76.7 Å². The molecule has 0 fully saturated rings. The van der Waals surface area contributed by atoms with E-state index in [2.05, 4.69) is 10.3 Å². The van der Waals surface area contributed by atoms with Crippen molar-refractivity contribution >= 4 is 33.5 Å². The number of hydrogen-bond acceptors (Lipinski definition) is 4. The van der Waals surface area contributed by atoms with Crippen molar-refractivity contribution in [3.63, 3.8) is 0 Å². The van der Waals surface area contributed by atoms with Gasteiger partial charge in [0.2, 0.25) is 0 Å². The van der Waals surface area contributed by atoms with Crippen LogP contribution in [0.25, 0.3) is 22.4 Å². The van der Waals surface area contributed by atoms with Crippen LogP contribution < -0.4 is 5.32 Å². The lowest BCUT2D eigenvalue weighted by atomic mass is 10.2. The van der Waals surface area contributed by atoms with Gasteiger partial charge in [-0.05, 0) is 42.0 Å². The monoisotopic (exact) mass is 435 g/mol. The Kier molecular flexibility index (Phi) is 4.83. The van der Waals surface area contributed by atoms with Crippen LogP contribution >= 0.6 is 11.3 Å². The predicted octanol–water partition coefficient (Wildman–Crippen LogP) is 5.94. The van der Waals surface area contributed by atoms with Crippen molar-refractivity contribution in [2.45, 2.75) is 6.54 Å². The number of fused-ring (bicyclic) bond motifs is 1. The molecule has 2 aromatic carbocycles. The molecule has 5 rings (SSSR count). The Bertz CT molecular complexity index is 1390. The average molecular weight is 435 g/mol. The zero-order valence-electron chi connectivity index (χ0n) is 16.0. The maximum Gasteiger partial charge on any atom is 0.274 e. The van der Waals surface area contributed by atoms with Crippen LogP contribution in [-0.2, 0) is 6.54 Å². The topological polar surface area (TPSA) is 60.1 Å². The van der Waals surface area contributed by atoms with E-state index < -0.39 is 0 Å². The molecular weight excluding hydrogens is 420 g/mol. The molecule has 0 unspecified atom stereocenters. The lowest BCUT2D eigenvalue weighted by Crippen LogP contribution is -2.17. The first-order chi connectivity index (χ1) is 15.1. The molecule has 0 aliphatic rings. The summed E-state index contributed by atoms with van der Waals surface area (Å²) in [6.45, 7) is 0.308. The minimum atomic E-state index is -0.359. The van der Waals surface area contributed by atoms with Crippen LogP contribution in [0.2, 0.25) is 0 Å². The number of benzene rings is 2. The minimum Gasteiger partial charge on any atom is -0.463 e. The Balaban J connectivity index is 1.42. The molecule has 0 saturated carbocycles. The number of aromatic nitrogens is 2. The summed E-state index contributed by atoms with van der Waals surface area (Å²) in [5.41, 5.74) is 3.79. The van der Waals surface area contributed by atoms with Crippen molar-refractivity contribution in [1.82, 2.24) is 9.55 Å². The number of hydrogen-bond donors (Lipinski definition) is 1. The van der Waals surface area contributed by atoms with Crippen LogP contribution in [-0.4, -0.2) is 15.5 Å². The van der Waals surface area contributed by atoms with Crippen molar-refractivity contribution in [2.24, 2.45) is 0 Å². The van der Waals surface area contributed by atoms with Gasteiger partial charge in [0.1, 0.15) is 17.3 Å². The number of furan rings is 1. The summed E-state index contributed by atoms with van der Waals surface area (Å²) >= 11 is 1.27. The Hall–Kier alpha value is -3.78. The Morgan fingerprint density at radius 2 is 1.90 bits per heavy atom. The number of carbonyl (C=O) groups is 1. The Labute approximate surface area is 179 Å². The van der Waals surface area contributed by atoms with Crippen LogP contribution in [0.3, 0.4) is 0 Å². The van der Waals surface area contributed by atoms with Crippen molar-refractivity contribution in [3.05, 3.63) is 95.2 Å². The first-order valence-corrected chi connectivity index (χ1v) is 10.3. The number of anilines is 1. The third-order valence-corrected chi connectivity index (χ3v) is 5.61. The highest BCUT2D eigenvalue weighted by Crippen LogP contribution is 2.27. The summed E-state index contributed by atoms with van der Waals surface area (Å²) in [6.07, 6.45) is 1.55. The molecule has 0 radical (unpaired) electrons. The van der Waals surface area contributed by atoms with E-state index in [1.165, 1.54) is 35.6 Å². The highest BCUT2D eigenvalue weighted by Gasteiger charge is 2.19. The van der Waals surface area contributed by atoms with Gasteiger partial charge in [-0.15, -0.1) is 11.3 Å². The van der Waals surface area contributed by atoms with E-state index in [9.17, 15) is 13.6 Å². The van der Waals surface area contributed by atoms with E-state index in [0.717, 1.165) is 16.6 Å². The van der Waals surface area contributed by atoms with Gasteiger partial charge >= 0.3 is 0 Å². The molecule has 0 atom stereocenters. The van der Waals surface area contributed by atoms with E-state index >= 15 is 0 Å². The summed E-state index contributed by atoms with van der Waals surface area (Å²) in [4.78, 5) is 17.4. The number of nitrogens with zero attached hydrogens (tertiary/aromatic N) is 2. The van der Waals surface area contributed by atoms with E-state index in [1.54, 1.807) is 52.6 Å². The second-order valence-corrected chi connectivity index (χ2v) is 7.77. The van der Waals surface area contributed by atoms with Crippen molar-refractivity contribution < 1.29 is 18.0 Å². The van der Waals surface area contributed by atoms with Crippen LogP contribution in [0.1, 0.15) is 16.1 Å². The summed E-state index contributed by atoms with van der Waals surface area (Å²) in [7, 11) is 0. The third kappa shape index (κ3) is 3.85. The van der Waals surface area contributed by atoms with Crippen LogP contribution in [0, 0.1) is 11.6 Å². The molecule has 0 bridgehead atoms. The largest absolute Gasteiger partial charge is 0.463 e. The molecule has 0 aliphatic carbocycles. The molecule has 0 saturated heterocycles. The molecule has 5 nitrogen and oxygen atoms in total. The Morgan fingerprint density at radius 1 is 1.06 bits per heavy atom. The molecule has 8 heteroatoms. The number of halogens is 2. The van der Waals surface area contributed by atoms with Crippen LogP contribution in [0.4, 0.5) is 13.9 Å². The summed E-state index contributed by atoms with van der Waals surface area (Å²) < 4.78 is 34.0. The van der Waals surface area contributed by atoms with Crippen molar-refractivity contribution in [1.29, 1.82) is 0 Å². The predicted molar refractivity (Wildman–Crippen MR) is 115 cm³/mol. The molecule has 3 aromatic heterocycles. The minimum absolute atomic E-state index is 0.308. The summed E-state index contributed by atoms with van der Waals surface area (Å²) in [6, 6.07) is 15.6. The molecule has 1 amide bonds. The zero-order valence-corrected chi connectivity index (χ0v) is 16.8. The quantitative estimate of drug-likeness (QED) is 0.372. The number of thiazole rings is 1. The lowest BCUT2D eigenvalue weighted by Gasteiger charge is -2.10. The number of nitrogens with one attached hydrogen (secondary N) is 1. The zero-order chi connectivity index (χ0) is 21.4. The van der Waals surface area contributed by atoms with Crippen LogP contribution in [0.5, 0.6) is 0 Å². The van der Waals surface area contributed by atoms with Crippen molar-refractivity contribution in [2.75, 3.05) is 5.32 Å². The van der Waals surface area contributed by atoms with E-state index in [4.69, 9.17) is 4.42 Å². The van der Waals surface area contributed by atoms with Gasteiger partial charge in [0.25, 0.3) is 5.91 Å². The molecule has 5 aromatic rings. The molecule has 0 spiro atoms. The fourth-order valence-electron chi connectivity index (χ4n) is 3.40. The van der Waals surface area contributed by atoms with E-state index in [-0.39, 0.29) is 17.5 Å². The van der Waals surface area contributed by atoms with Gasteiger partial charge in [-0.25, -0.2) is 13.8 Å². The van der Waals surface area contributed by atoms with E-state index in [1.807, 2.05) is 0 Å². The SMILES string of the molecule is O=C(Nc1nc(-c2ccc(F)cc2)cs1)c1cc2occc2n1Cc1cccc(F)c1. The number of rotatable bonds is 5. The summed E-state index contributed by atoms with van der Waals surface area (Å²) in [5, 5.41) is 5.01. The van der Waals surface area contributed by atoms with Gasteiger partial charge in [-0.1, -0.05) is 12.1 Å². The van der Waals surface area contributed by atoms with Gasteiger partial charge < -0.3 is 8.98 Å². The van der Waals surface area contributed by atoms with Gasteiger partial charge in [-0.2, -0.15) is 0 Å². The standard InChI is InChI=1S/C23H15F2N3O2S/c24-16-6-4-15(5-7-16)18-13-31-23(26-18)27-22(29)20-11-21-19(8-9-30-21)28(20)12-14-2-1-3-17(25)10-14/h1-11,13H,12H2,(H,26,27,29). The highest BCUT2D eigenvalue weighted by molar-refractivity contribution is 7.14. The molecule has 0 aliphatic heterocycles. The van der Waals surface area contributed by atoms with Crippen molar-refractivity contribution in [3.8, 4) is 11.3 Å². The first kappa shape index (κ1) is 19.2. The fourth-order valence-corrected chi connectivity index (χ4v) is 4.11. The Morgan fingerprint density at radius 3 is 2.71 bits per heavy atom. The maximum absolute atomic E-state index is 13.6. The van der Waals surface area contributed by atoms with Gasteiger partial charge in [0.15, 0.2) is 10.7 Å². The summed E-state index contributed by atoms with van der Waals surface area (Å²) in [5.74, 6) is -1.02. The second-order valence-electron chi connectivity index (χ2n) is 6.91. The average Bonchev–Trinajstić information content (AvgIpc) is 3.46. The normalized spacial score (nSPS) is 11.2.